The van der Waals surface area contributed by atoms with Gasteiger partial charge in [-0.1, -0.05) is 24.3 Å². The third kappa shape index (κ3) is 3.79. The summed E-state index contributed by atoms with van der Waals surface area (Å²) in [7, 11) is 0. The summed E-state index contributed by atoms with van der Waals surface area (Å²) in [6, 6.07) is 18.3. The first-order chi connectivity index (χ1) is 14.5. The van der Waals surface area contributed by atoms with Gasteiger partial charge >= 0.3 is 0 Å². The van der Waals surface area contributed by atoms with E-state index in [2.05, 4.69) is 10.3 Å². The van der Waals surface area contributed by atoms with Crippen molar-refractivity contribution in [2.45, 2.75) is 0 Å². The van der Waals surface area contributed by atoms with Crippen molar-refractivity contribution >= 4 is 17.3 Å². The molecule has 3 aromatic carbocycles. The second kappa shape index (κ2) is 7.96. The van der Waals surface area contributed by atoms with E-state index in [0.29, 0.717) is 11.3 Å². The summed E-state index contributed by atoms with van der Waals surface area (Å²) in [5.41, 5.74) is 1.31. The highest BCUT2D eigenvalue weighted by atomic mass is 19.1. The molecule has 0 saturated carbocycles. The maximum atomic E-state index is 14.0. The van der Waals surface area contributed by atoms with E-state index in [-0.39, 0.29) is 28.5 Å². The van der Waals surface area contributed by atoms with Gasteiger partial charge < -0.3 is 9.73 Å². The van der Waals surface area contributed by atoms with Gasteiger partial charge in [-0.15, -0.1) is 0 Å². The smallest absolute Gasteiger partial charge is 0.269 e. The molecule has 7 nitrogen and oxygen atoms in total. The molecule has 30 heavy (non-hydrogen) atoms. The van der Waals surface area contributed by atoms with Crippen molar-refractivity contribution in [2.24, 2.45) is 0 Å². The summed E-state index contributed by atoms with van der Waals surface area (Å²) >= 11 is 0. The van der Waals surface area contributed by atoms with Crippen LogP contribution in [-0.2, 0) is 0 Å². The monoisotopic (exact) mass is 403 g/mol. The van der Waals surface area contributed by atoms with E-state index in [1.807, 2.05) is 0 Å². The number of rotatable bonds is 5. The number of nitro groups is 1. The number of hydrogen-bond acceptors (Lipinski definition) is 5. The van der Waals surface area contributed by atoms with Gasteiger partial charge in [-0.05, 0) is 36.4 Å². The summed E-state index contributed by atoms with van der Waals surface area (Å²) in [6.45, 7) is 0. The predicted molar refractivity (Wildman–Crippen MR) is 108 cm³/mol. The van der Waals surface area contributed by atoms with Crippen molar-refractivity contribution in [3.8, 4) is 22.8 Å². The summed E-state index contributed by atoms with van der Waals surface area (Å²) in [5.74, 6) is -0.467. The number of non-ortho nitro benzene ring substituents is 1. The number of aromatic nitrogens is 1. The molecule has 0 atom stereocenters. The standard InChI is InChI=1S/C22H14FN3O4/c23-19-8-4-3-7-18(19)20-13-24-22(30-20)17-6-2-1-5-16(17)21(27)25-14-9-11-15(12-10-14)26(28)29/h1-13H,(H,25,27). The van der Waals surface area contributed by atoms with Crippen LogP contribution < -0.4 is 5.32 Å². The van der Waals surface area contributed by atoms with Gasteiger partial charge in [0.05, 0.1) is 22.2 Å². The third-order valence-corrected chi connectivity index (χ3v) is 4.38. The zero-order valence-corrected chi connectivity index (χ0v) is 15.4. The fourth-order valence-corrected chi connectivity index (χ4v) is 2.92. The highest BCUT2D eigenvalue weighted by Gasteiger charge is 2.18. The van der Waals surface area contributed by atoms with Crippen molar-refractivity contribution in [3.63, 3.8) is 0 Å². The third-order valence-electron chi connectivity index (χ3n) is 4.38. The van der Waals surface area contributed by atoms with Gasteiger partial charge in [-0.2, -0.15) is 0 Å². The maximum Gasteiger partial charge on any atom is 0.269 e. The minimum absolute atomic E-state index is 0.0751. The molecule has 0 radical (unpaired) electrons. The molecule has 4 aromatic rings. The Morgan fingerprint density at radius 3 is 2.33 bits per heavy atom. The normalized spacial score (nSPS) is 10.6. The molecule has 0 spiro atoms. The van der Waals surface area contributed by atoms with Crippen molar-refractivity contribution in [1.82, 2.24) is 4.98 Å². The van der Waals surface area contributed by atoms with Crippen LogP contribution in [0.2, 0.25) is 0 Å². The number of anilines is 1. The Morgan fingerprint density at radius 2 is 1.63 bits per heavy atom. The van der Waals surface area contributed by atoms with Crippen LogP contribution in [0.25, 0.3) is 22.8 Å². The van der Waals surface area contributed by atoms with Gasteiger partial charge in [0.2, 0.25) is 5.89 Å². The van der Waals surface area contributed by atoms with E-state index in [9.17, 15) is 19.3 Å². The minimum Gasteiger partial charge on any atom is -0.436 e. The van der Waals surface area contributed by atoms with Crippen LogP contribution in [-0.4, -0.2) is 15.8 Å². The quantitative estimate of drug-likeness (QED) is 0.360. The Balaban J connectivity index is 1.62. The topological polar surface area (TPSA) is 98.3 Å². The fourth-order valence-electron chi connectivity index (χ4n) is 2.92. The lowest BCUT2D eigenvalue weighted by atomic mass is 10.1. The highest BCUT2D eigenvalue weighted by Crippen LogP contribution is 2.30. The van der Waals surface area contributed by atoms with Gasteiger partial charge in [-0.25, -0.2) is 9.37 Å². The molecule has 1 heterocycles. The Labute approximate surface area is 170 Å². The van der Waals surface area contributed by atoms with Crippen molar-refractivity contribution < 1.29 is 18.5 Å². The number of nitro benzene ring substituents is 1. The average molecular weight is 403 g/mol. The Morgan fingerprint density at radius 1 is 0.967 bits per heavy atom. The van der Waals surface area contributed by atoms with Crippen LogP contribution in [0.15, 0.2) is 83.4 Å². The molecule has 1 aromatic heterocycles. The summed E-state index contributed by atoms with van der Waals surface area (Å²) in [5, 5.41) is 13.5. The number of halogens is 1. The SMILES string of the molecule is O=C(Nc1ccc([N+](=O)[O-])cc1)c1ccccc1-c1ncc(-c2ccccc2F)o1. The molecule has 4 rings (SSSR count). The van der Waals surface area contributed by atoms with E-state index in [0.717, 1.165) is 0 Å². The van der Waals surface area contributed by atoms with Crippen molar-refractivity contribution in [3.05, 3.63) is 100 Å². The largest absolute Gasteiger partial charge is 0.436 e. The minimum atomic E-state index is -0.517. The summed E-state index contributed by atoms with van der Waals surface area (Å²) in [4.78, 5) is 27.2. The van der Waals surface area contributed by atoms with Gasteiger partial charge in [0, 0.05) is 23.4 Å². The molecule has 0 aliphatic carbocycles. The Bertz CT molecular complexity index is 1240. The van der Waals surface area contributed by atoms with E-state index in [1.165, 1.54) is 36.5 Å². The second-order valence-electron chi connectivity index (χ2n) is 6.31. The first kappa shape index (κ1) is 19.0. The first-order valence-corrected chi connectivity index (χ1v) is 8.89. The molecule has 1 amide bonds. The Hall–Kier alpha value is -4.33. The summed E-state index contributed by atoms with van der Waals surface area (Å²) < 4.78 is 19.7. The number of oxazole rings is 1. The fraction of sp³-hybridized carbons (Fsp3) is 0. The van der Waals surface area contributed by atoms with Crippen LogP contribution in [0.3, 0.4) is 0 Å². The van der Waals surface area contributed by atoms with Gasteiger partial charge in [-0.3, -0.25) is 14.9 Å². The number of hydrogen-bond donors (Lipinski definition) is 1. The molecule has 148 valence electrons. The number of amides is 1. The molecule has 1 N–H and O–H groups in total. The van der Waals surface area contributed by atoms with E-state index < -0.39 is 16.6 Å². The molecule has 0 saturated heterocycles. The number of nitrogens with zero attached hydrogens (tertiary/aromatic N) is 2. The van der Waals surface area contributed by atoms with E-state index in [1.54, 1.807) is 42.5 Å². The molecule has 0 fully saturated rings. The highest BCUT2D eigenvalue weighted by molar-refractivity contribution is 6.08. The Kier molecular flexibility index (Phi) is 5.04. The predicted octanol–water partition coefficient (Wildman–Crippen LogP) is 5.31. The van der Waals surface area contributed by atoms with Crippen molar-refractivity contribution in [2.75, 3.05) is 5.32 Å². The van der Waals surface area contributed by atoms with E-state index >= 15 is 0 Å². The van der Waals surface area contributed by atoms with Crippen LogP contribution in [0, 0.1) is 15.9 Å². The molecule has 0 aliphatic rings. The van der Waals surface area contributed by atoms with Gasteiger partial charge in [0.25, 0.3) is 11.6 Å². The lowest BCUT2D eigenvalue weighted by Crippen LogP contribution is -2.13. The van der Waals surface area contributed by atoms with Crippen LogP contribution in [0.5, 0.6) is 0 Å². The number of carbonyl (C=O) groups excluding carboxylic acids is 1. The van der Waals surface area contributed by atoms with E-state index in [4.69, 9.17) is 4.42 Å². The summed E-state index contributed by atoms with van der Waals surface area (Å²) in [6.07, 6.45) is 1.40. The molecular formula is C22H14FN3O4. The zero-order chi connectivity index (χ0) is 21.1. The van der Waals surface area contributed by atoms with Gasteiger partial charge in [0.15, 0.2) is 5.76 Å². The second-order valence-corrected chi connectivity index (χ2v) is 6.31. The number of nitrogens with one attached hydrogen (secondary N) is 1. The van der Waals surface area contributed by atoms with Crippen LogP contribution in [0.1, 0.15) is 10.4 Å². The molecular weight excluding hydrogens is 389 g/mol. The molecule has 8 heteroatoms. The van der Waals surface area contributed by atoms with Gasteiger partial charge in [0.1, 0.15) is 5.82 Å². The van der Waals surface area contributed by atoms with Crippen LogP contribution >= 0.6 is 0 Å². The number of benzene rings is 3. The lowest BCUT2D eigenvalue weighted by Gasteiger charge is -2.08. The molecule has 0 bridgehead atoms. The molecule has 0 unspecified atom stereocenters. The first-order valence-electron chi connectivity index (χ1n) is 8.89. The van der Waals surface area contributed by atoms with Crippen LogP contribution in [0.4, 0.5) is 15.8 Å². The zero-order valence-electron chi connectivity index (χ0n) is 15.4. The number of carbonyl (C=O) groups is 1. The maximum absolute atomic E-state index is 14.0. The average Bonchev–Trinajstić information content (AvgIpc) is 3.24. The van der Waals surface area contributed by atoms with Crippen molar-refractivity contribution in [1.29, 1.82) is 0 Å². The molecule has 0 aliphatic heterocycles. The lowest BCUT2D eigenvalue weighted by molar-refractivity contribution is -0.384.